The fraction of sp³-hybridized carbons (Fsp3) is 0.133. The van der Waals surface area contributed by atoms with Gasteiger partial charge in [-0.15, -0.1) is 0 Å². The third kappa shape index (κ3) is 3.61. The lowest BCUT2D eigenvalue weighted by atomic mass is 10.2. The minimum atomic E-state index is -4.70. The molecule has 0 spiro atoms. The van der Waals surface area contributed by atoms with E-state index in [0.29, 0.717) is 6.07 Å². The molecule has 0 bridgehead atoms. The Kier molecular flexibility index (Phi) is 5.21. The molecule has 138 valence electrons. The predicted octanol–water partition coefficient (Wildman–Crippen LogP) is 2.54. The van der Waals surface area contributed by atoms with E-state index in [9.17, 15) is 37.2 Å². The first-order valence-corrected chi connectivity index (χ1v) is 8.46. The van der Waals surface area contributed by atoms with Crippen LogP contribution in [-0.4, -0.2) is 30.5 Å². The lowest BCUT2D eigenvalue weighted by Crippen LogP contribution is -2.44. The van der Waals surface area contributed by atoms with Crippen LogP contribution in [0.3, 0.4) is 0 Å². The molecule has 2 aromatic rings. The van der Waals surface area contributed by atoms with Crippen molar-refractivity contribution < 1.29 is 32.0 Å². The van der Waals surface area contributed by atoms with Crippen molar-refractivity contribution in [3.8, 4) is 0 Å². The highest BCUT2D eigenvalue weighted by Gasteiger charge is 2.35. The smallest absolute Gasteiger partial charge is 0.327 e. The second kappa shape index (κ2) is 7.04. The molecule has 0 aliphatic carbocycles. The Bertz CT molecular complexity index is 980. The molecule has 1 atom stereocenters. The molecule has 8 nitrogen and oxygen atoms in total. The number of aliphatic carboxylic acids is 1. The summed E-state index contributed by atoms with van der Waals surface area (Å²) in [4.78, 5) is 20.8. The van der Waals surface area contributed by atoms with Crippen LogP contribution in [0, 0.1) is 21.7 Å². The van der Waals surface area contributed by atoms with Crippen molar-refractivity contribution in [2.75, 3.05) is 4.31 Å². The molecule has 11 heteroatoms. The summed E-state index contributed by atoms with van der Waals surface area (Å²) in [7, 11) is -4.70. The number of halogens is 2. The zero-order valence-electron chi connectivity index (χ0n) is 13.2. The van der Waals surface area contributed by atoms with Crippen LogP contribution in [0.5, 0.6) is 0 Å². The van der Waals surface area contributed by atoms with E-state index in [1.54, 1.807) is 0 Å². The maximum atomic E-state index is 14.1. The molecule has 0 fully saturated rings. The molecule has 2 aromatic carbocycles. The summed E-state index contributed by atoms with van der Waals surface area (Å²) in [5, 5.41) is 20.1. The highest BCUT2D eigenvalue weighted by molar-refractivity contribution is 7.93. The van der Waals surface area contributed by atoms with E-state index in [0.717, 1.165) is 43.3 Å². The number of benzene rings is 2. The highest BCUT2D eigenvalue weighted by atomic mass is 32.2. The summed E-state index contributed by atoms with van der Waals surface area (Å²) in [5.41, 5.74) is -1.25. The topological polar surface area (TPSA) is 118 Å². The van der Waals surface area contributed by atoms with Gasteiger partial charge in [-0.25, -0.2) is 26.3 Å². The van der Waals surface area contributed by atoms with Crippen LogP contribution in [0.25, 0.3) is 0 Å². The lowest BCUT2D eigenvalue weighted by molar-refractivity contribution is -0.385. The Morgan fingerprint density at radius 3 is 2.42 bits per heavy atom. The van der Waals surface area contributed by atoms with E-state index in [1.807, 2.05) is 0 Å². The van der Waals surface area contributed by atoms with Gasteiger partial charge in [0, 0.05) is 18.2 Å². The Labute approximate surface area is 146 Å². The van der Waals surface area contributed by atoms with Crippen molar-refractivity contribution >= 4 is 27.4 Å². The van der Waals surface area contributed by atoms with Crippen LogP contribution >= 0.6 is 0 Å². The maximum absolute atomic E-state index is 14.1. The van der Waals surface area contributed by atoms with Gasteiger partial charge >= 0.3 is 5.97 Å². The summed E-state index contributed by atoms with van der Waals surface area (Å²) in [6, 6.07) is 4.04. The molecule has 0 heterocycles. The van der Waals surface area contributed by atoms with Crippen LogP contribution in [0.4, 0.5) is 20.2 Å². The van der Waals surface area contributed by atoms with Gasteiger partial charge in [-0.2, -0.15) is 0 Å². The number of carboxylic acids is 1. The molecule has 0 aliphatic heterocycles. The molecule has 0 saturated carbocycles. The van der Waals surface area contributed by atoms with E-state index in [-0.39, 0.29) is 4.31 Å². The molecule has 26 heavy (non-hydrogen) atoms. The van der Waals surface area contributed by atoms with Crippen LogP contribution in [-0.2, 0) is 14.8 Å². The maximum Gasteiger partial charge on any atom is 0.327 e. The van der Waals surface area contributed by atoms with Gasteiger partial charge in [0.2, 0.25) is 0 Å². The summed E-state index contributed by atoms with van der Waals surface area (Å²) in [6.45, 7) is 0.986. The van der Waals surface area contributed by atoms with Gasteiger partial charge in [0.25, 0.3) is 15.7 Å². The molecule has 1 unspecified atom stereocenters. The molecule has 0 aromatic heterocycles. The van der Waals surface area contributed by atoms with Crippen molar-refractivity contribution in [2.45, 2.75) is 17.9 Å². The summed E-state index contributed by atoms with van der Waals surface area (Å²) in [5.74, 6) is -3.88. The van der Waals surface area contributed by atoms with Crippen LogP contribution < -0.4 is 4.31 Å². The monoisotopic (exact) mass is 386 g/mol. The number of hydrogen-bond donors (Lipinski definition) is 1. The van der Waals surface area contributed by atoms with Gasteiger partial charge in [0.15, 0.2) is 0 Å². The van der Waals surface area contributed by atoms with Crippen LogP contribution in [0.1, 0.15) is 6.92 Å². The lowest BCUT2D eigenvalue weighted by Gasteiger charge is -2.28. The number of hydrogen-bond acceptors (Lipinski definition) is 5. The number of anilines is 1. The highest BCUT2D eigenvalue weighted by Crippen LogP contribution is 2.30. The van der Waals surface area contributed by atoms with Crippen molar-refractivity contribution in [1.82, 2.24) is 0 Å². The molecule has 2 rings (SSSR count). The number of carboxylic acid groups (broad SMARTS) is 1. The first-order valence-electron chi connectivity index (χ1n) is 7.02. The van der Waals surface area contributed by atoms with E-state index < -0.39 is 54.9 Å². The van der Waals surface area contributed by atoms with E-state index >= 15 is 0 Å². The van der Waals surface area contributed by atoms with Crippen molar-refractivity contribution in [3.63, 3.8) is 0 Å². The number of sulfonamides is 1. The second-order valence-electron chi connectivity index (χ2n) is 5.17. The molecular formula is C15H12F2N2O6S. The molecule has 0 saturated heterocycles. The summed E-state index contributed by atoms with van der Waals surface area (Å²) in [6.07, 6.45) is 0. The number of nitrogens with zero attached hydrogens (tertiary/aromatic N) is 2. The third-order valence-corrected chi connectivity index (χ3v) is 5.32. The number of non-ortho nitro benzene ring substituents is 1. The van der Waals surface area contributed by atoms with Gasteiger partial charge < -0.3 is 5.11 Å². The van der Waals surface area contributed by atoms with Crippen molar-refractivity contribution in [2.24, 2.45) is 0 Å². The summed E-state index contributed by atoms with van der Waals surface area (Å²) >= 11 is 0. The van der Waals surface area contributed by atoms with Gasteiger partial charge in [0.05, 0.1) is 15.5 Å². The predicted molar refractivity (Wildman–Crippen MR) is 86.2 cm³/mol. The Morgan fingerprint density at radius 2 is 1.88 bits per heavy atom. The van der Waals surface area contributed by atoms with Gasteiger partial charge in [-0.05, 0) is 25.1 Å². The average Bonchev–Trinajstić information content (AvgIpc) is 2.56. The van der Waals surface area contributed by atoms with Crippen LogP contribution in [0.2, 0.25) is 0 Å². The van der Waals surface area contributed by atoms with E-state index in [1.165, 1.54) is 0 Å². The minimum Gasteiger partial charge on any atom is -0.480 e. The normalized spacial score (nSPS) is 12.4. The zero-order chi connectivity index (χ0) is 19.6. The van der Waals surface area contributed by atoms with Crippen molar-refractivity contribution in [1.29, 1.82) is 0 Å². The number of rotatable bonds is 6. The largest absolute Gasteiger partial charge is 0.480 e. The zero-order valence-corrected chi connectivity index (χ0v) is 14.0. The Hall–Kier alpha value is -3.08. The fourth-order valence-electron chi connectivity index (χ4n) is 2.18. The second-order valence-corrected chi connectivity index (χ2v) is 6.98. The molecule has 0 radical (unpaired) electrons. The minimum absolute atomic E-state index is 0.239. The van der Waals surface area contributed by atoms with E-state index in [2.05, 4.69) is 0 Å². The first-order chi connectivity index (χ1) is 12.1. The van der Waals surface area contributed by atoms with Gasteiger partial charge in [0.1, 0.15) is 17.7 Å². The fourth-order valence-corrected chi connectivity index (χ4v) is 3.84. The van der Waals surface area contributed by atoms with Crippen molar-refractivity contribution in [3.05, 3.63) is 64.2 Å². The van der Waals surface area contributed by atoms with Crippen LogP contribution in [0.15, 0.2) is 47.4 Å². The third-order valence-electron chi connectivity index (χ3n) is 3.44. The number of nitro groups is 1. The Morgan fingerprint density at radius 1 is 1.23 bits per heavy atom. The number of nitro benzene ring substituents is 1. The standard InChI is InChI=1S/C15H12F2N2O6S/c1-9(15(20)21)18(14-6-5-10(16)7-13(14)17)26(24,25)12-4-2-3-11(8-12)19(22)23/h2-9H,1H3,(H,20,21). The molecule has 1 N–H and O–H groups in total. The van der Waals surface area contributed by atoms with Gasteiger partial charge in [-0.3, -0.25) is 10.1 Å². The number of carbonyl (C=O) groups is 1. The van der Waals surface area contributed by atoms with Gasteiger partial charge in [-0.1, -0.05) is 6.07 Å². The first kappa shape index (κ1) is 19.2. The molecule has 0 aliphatic rings. The summed E-state index contributed by atoms with van der Waals surface area (Å²) < 4.78 is 53.2. The SMILES string of the molecule is CC(C(=O)O)N(c1ccc(F)cc1F)S(=O)(=O)c1cccc([N+](=O)[O-])c1. The molecular weight excluding hydrogens is 374 g/mol. The average molecular weight is 386 g/mol. The molecule has 0 amide bonds. The Balaban J connectivity index is 2.70. The van der Waals surface area contributed by atoms with E-state index in [4.69, 9.17) is 0 Å². The quantitative estimate of drug-likeness (QED) is 0.602.